The molecule has 1 aliphatic carbocycles. The summed E-state index contributed by atoms with van der Waals surface area (Å²) >= 11 is 6.00. The Balaban J connectivity index is 2.32. The largest absolute Gasteiger partial charge is 0.410 e. The molecule has 0 atom stereocenters. The van der Waals surface area contributed by atoms with Crippen molar-refractivity contribution in [2.45, 2.75) is 0 Å². The summed E-state index contributed by atoms with van der Waals surface area (Å²) < 4.78 is 0. The Labute approximate surface area is 118 Å². The Kier molecular flexibility index (Phi) is 2.62. The van der Waals surface area contributed by atoms with Gasteiger partial charge in [-0.05, 0) is 29.3 Å². The van der Waals surface area contributed by atoms with Gasteiger partial charge in [-0.3, -0.25) is 10.1 Å². The van der Waals surface area contributed by atoms with Gasteiger partial charge in [0.05, 0.1) is 15.6 Å². The van der Waals surface area contributed by atoms with Gasteiger partial charge in [-0.25, -0.2) is 0 Å². The van der Waals surface area contributed by atoms with Crippen molar-refractivity contribution in [1.82, 2.24) is 0 Å². The number of hydrogen-bond acceptors (Lipinski definition) is 5. The predicted molar refractivity (Wildman–Crippen MR) is 75.4 cm³/mol. The van der Waals surface area contributed by atoms with Gasteiger partial charge in [-0.1, -0.05) is 16.8 Å². The molecule has 3 N–H and O–H groups in total. The first-order valence-corrected chi connectivity index (χ1v) is 6.01. The maximum Gasteiger partial charge on any atom is 0.270 e. The number of rotatable bonds is 1. The third-order valence-corrected chi connectivity index (χ3v) is 3.58. The molecule has 0 unspecified atom stereocenters. The van der Waals surface area contributed by atoms with E-state index in [1.165, 1.54) is 12.1 Å². The molecule has 0 radical (unpaired) electrons. The van der Waals surface area contributed by atoms with Crippen LogP contribution in [0.15, 0.2) is 35.5 Å². The van der Waals surface area contributed by atoms with Crippen LogP contribution >= 0.6 is 11.6 Å². The van der Waals surface area contributed by atoms with E-state index in [0.717, 1.165) is 11.1 Å². The van der Waals surface area contributed by atoms with Crippen molar-refractivity contribution in [3.63, 3.8) is 0 Å². The van der Waals surface area contributed by atoms with Crippen LogP contribution < -0.4 is 5.73 Å². The smallest absolute Gasteiger partial charge is 0.270 e. The van der Waals surface area contributed by atoms with Gasteiger partial charge >= 0.3 is 0 Å². The van der Waals surface area contributed by atoms with Crippen molar-refractivity contribution in [3.8, 4) is 11.1 Å². The zero-order valence-corrected chi connectivity index (χ0v) is 10.8. The van der Waals surface area contributed by atoms with E-state index in [9.17, 15) is 15.3 Å². The number of hydrogen-bond donors (Lipinski definition) is 2. The maximum atomic E-state index is 10.8. The van der Waals surface area contributed by atoms with Crippen LogP contribution in [0.2, 0.25) is 5.02 Å². The normalized spacial score (nSPS) is 14.2. The van der Waals surface area contributed by atoms with Gasteiger partial charge in [0.1, 0.15) is 5.71 Å². The van der Waals surface area contributed by atoms with Crippen LogP contribution in [0.1, 0.15) is 11.1 Å². The van der Waals surface area contributed by atoms with Crippen molar-refractivity contribution in [2.24, 2.45) is 5.16 Å². The summed E-state index contributed by atoms with van der Waals surface area (Å²) in [5, 5.41) is 23.7. The molecule has 0 spiro atoms. The number of nitro groups is 1. The second-order valence-electron chi connectivity index (χ2n) is 4.35. The fourth-order valence-electron chi connectivity index (χ4n) is 2.34. The zero-order chi connectivity index (χ0) is 14.4. The SMILES string of the molecule is Nc1cc2c(cc1Cl)-c1ccc([N+](=O)[O-])cc1C2=NO. The minimum Gasteiger partial charge on any atom is -0.410 e. The fraction of sp³-hybridized carbons (Fsp3) is 0. The lowest BCUT2D eigenvalue weighted by Crippen LogP contribution is -2.00. The third-order valence-electron chi connectivity index (χ3n) is 3.25. The Morgan fingerprint density at radius 3 is 2.50 bits per heavy atom. The first-order valence-electron chi connectivity index (χ1n) is 5.63. The molecule has 7 heteroatoms. The molecule has 0 fully saturated rings. The molecule has 0 amide bonds. The number of non-ortho nitro benzene ring substituents is 1. The first-order chi connectivity index (χ1) is 9.52. The zero-order valence-electron chi connectivity index (χ0n) is 10.0. The van der Waals surface area contributed by atoms with E-state index >= 15 is 0 Å². The first kappa shape index (κ1) is 12.4. The Morgan fingerprint density at radius 2 is 1.85 bits per heavy atom. The summed E-state index contributed by atoms with van der Waals surface area (Å²) in [5.41, 5.74) is 8.83. The number of nitro benzene ring substituents is 1. The van der Waals surface area contributed by atoms with E-state index in [1.807, 2.05) is 0 Å². The summed E-state index contributed by atoms with van der Waals surface area (Å²) in [5.74, 6) is 0. The van der Waals surface area contributed by atoms with E-state index in [1.54, 1.807) is 18.2 Å². The molecule has 0 heterocycles. The maximum absolute atomic E-state index is 10.8. The van der Waals surface area contributed by atoms with Crippen molar-refractivity contribution in [3.05, 3.63) is 56.6 Å². The van der Waals surface area contributed by atoms with Gasteiger partial charge in [0.15, 0.2) is 0 Å². The number of fused-ring (bicyclic) bond motifs is 3. The Hall–Kier alpha value is -2.60. The van der Waals surface area contributed by atoms with Gasteiger partial charge in [0.2, 0.25) is 0 Å². The molecule has 0 aliphatic heterocycles. The summed E-state index contributed by atoms with van der Waals surface area (Å²) in [6.07, 6.45) is 0. The topological polar surface area (TPSA) is 102 Å². The quantitative estimate of drug-likeness (QED) is 0.311. The number of nitrogens with two attached hydrogens (primary N) is 1. The Morgan fingerprint density at radius 1 is 1.15 bits per heavy atom. The lowest BCUT2D eigenvalue weighted by Gasteiger charge is -2.03. The summed E-state index contributed by atoms with van der Waals surface area (Å²) in [4.78, 5) is 10.3. The molecule has 0 bridgehead atoms. The molecule has 0 saturated carbocycles. The second-order valence-corrected chi connectivity index (χ2v) is 4.76. The molecule has 1 aliphatic rings. The van der Waals surface area contributed by atoms with Crippen LogP contribution in [0.5, 0.6) is 0 Å². The third kappa shape index (κ3) is 1.62. The average molecular weight is 290 g/mol. The molecule has 0 aromatic heterocycles. The van der Waals surface area contributed by atoms with Gasteiger partial charge < -0.3 is 10.9 Å². The summed E-state index contributed by atoms with van der Waals surface area (Å²) in [6, 6.07) is 7.63. The van der Waals surface area contributed by atoms with Gasteiger partial charge in [0, 0.05) is 23.3 Å². The highest BCUT2D eigenvalue weighted by Crippen LogP contribution is 2.41. The number of benzene rings is 2. The molecule has 2 aromatic carbocycles. The van der Waals surface area contributed by atoms with E-state index in [4.69, 9.17) is 17.3 Å². The molecular formula is C13H8ClN3O3. The highest BCUT2D eigenvalue weighted by atomic mass is 35.5. The molecule has 0 saturated heterocycles. The second kappa shape index (κ2) is 4.21. The highest BCUT2D eigenvalue weighted by molar-refractivity contribution is 6.35. The average Bonchev–Trinajstić information content (AvgIpc) is 2.71. The van der Waals surface area contributed by atoms with Crippen molar-refractivity contribution in [1.29, 1.82) is 0 Å². The van der Waals surface area contributed by atoms with Crippen molar-refractivity contribution >= 4 is 28.7 Å². The number of nitrogen functional groups attached to an aromatic ring is 1. The van der Waals surface area contributed by atoms with E-state index < -0.39 is 4.92 Å². The summed E-state index contributed by atoms with van der Waals surface area (Å²) in [6.45, 7) is 0. The van der Waals surface area contributed by atoms with Crippen LogP contribution in [0.4, 0.5) is 11.4 Å². The van der Waals surface area contributed by atoms with E-state index in [2.05, 4.69) is 5.16 Å². The molecular weight excluding hydrogens is 282 g/mol. The van der Waals surface area contributed by atoms with Crippen LogP contribution in [-0.2, 0) is 0 Å². The van der Waals surface area contributed by atoms with Crippen molar-refractivity contribution < 1.29 is 10.1 Å². The monoisotopic (exact) mass is 289 g/mol. The summed E-state index contributed by atoms with van der Waals surface area (Å²) in [7, 11) is 0. The molecule has 6 nitrogen and oxygen atoms in total. The van der Waals surface area contributed by atoms with E-state index in [-0.39, 0.29) is 11.4 Å². The van der Waals surface area contributed by atoms with Gasteiger partial charge in [-0.2, -0.15) is 0 Å². The standard InChI is InChI=1S/C13H8ClN3O3/c14-11-4-8-7-2-1-6(17(19)20)3-9(7)13(16-18)10(8)5-12(11)15/h1-5,18H,15H2. The minimum atomic E-state index is -0.500. The van der Waals surface area contributed by atoms with Gasteiger partial charge in [-0.15, -0.1) is 0 Å². The molecule has 2 aromatic rings. The van der Waals surface area contributed by atoms with E-state index in [0.29, 0.717) is 21.8 Å². The Bertz CT molecular complexity index is 787. The van der Waals surface area contributed by atoms with Crippen LogP contribution in [-0.4, -0.2) is 15.8 Å². The highest BCUT2D eigenvalue weighted by Gasteiger charge is 2.28. The molecule has 3 rings (SSSR count). The lowest BCUT2D eigenvalue weighted by molar-refractivity contribution is -0.384. The predicted octanol–water partition coefficient (Wildman–Crippen LogP) is 3.04. The van der Waals surface area contributed by atoms with Gasteiger partial charge in [0.25, 0.3) is 5.69 Å². The van der Waals surface area contributed by atoms with Crippen LogP contribution in [0.25, 0.3) is 11.1 Å². The van der Waals surface area contributed by atoms with Crippen molar-refractivity contribution in [2.75, 3.05) is 5.73 Å². The fourth-order valence-corrected chi connectivity index (χ4v) is 2.50. The van der Waals surface area contributed by atoms with Crippen LogP contribution in [0, 0.1) is 10.1 Å². The molecule has 20 heavy (non-hydrogen) atoms. The number of anilines is 1. The molecule has 100 valence electrons. The number of halogens is 1. The van der Waals surface area contributed by atoms with Crippen LogP contribution in [0.3, 0.4) is 0 Å². The number of oxime groups is 1. The minimum absolute atomic E-state index is 0.0724. The number of nitrogens with zero attached hydrogens (tertiary/aromatic N) is 2. The lowest BCUT2D eigenvalue weighted by atomic mass is 10.1.